The van der Waals surface area contributed by atoms with E-state index in [0.29, 0.717) is 19.5 Å². The number of β-amino-alcohol motifs (C(OH)–C–C–N with tert-alkyl or cyclic N) is 1. The quantitative estimate of drug-likeness (QED) is 0.0619. The van der Waals surface area contributed by atoms with Crippen molar-refractivity contribution in [3.05, 3.63) is 160 Å². The van der Waals surface area contributed by atoms with Crippen molar-refractivity contribution in [2.75, 3.05) is 54.9 Å². The van der Waals surface area contributed by atoms with E-state index in [1.165, 1.54) is 49.8 Å². The lowest BCUT2D eigenvalue weighted by molar-refractivity contribution is 0.0145. The zero-order chi connectivity index (χ0) is 47.9. The Hall–Kier alpha value is -6.84. The van der Waals surface area contributed by atoms with Crippen LogP contribution in [-0.4, -0.2) is 96.9 Å². The topological polar surface area (TPSA) is 187 Å². The molecule has 6 heterocycles. The Morgan fingerprint density at radius 1 is 0.714 bits per heavy atom. The molecule has 14 nitrogen and oxygen atoms in total. The van der Waals surface area contributed by atoms with Crippen LogP contribution in [0.2, 0.25) is 0 Å². The number of benzene rings is 3. The monoisotopic (exact) mass is 942 g/mol. The molecule has 0 fully saturated rings. The first-order valence-electron chi connectivity index (χ1n) is 24.8. The largest absolute Gasteiger partial charge is 0.489 e. The second-order valence-electron chi connectivity index (χ2n) is 19.4. The summed E-state index contributed by atoms with van der Waals surface area (Å²) in [7, 11) is 0. The zero-order valence-corrected chi connectivity index (χ0v) is 39.8. The molecular formula is C56H62N8O6. The molecule has 70 heavy (non-hydrogen) atoms. The number of H-pyrrole nitrogens is 2. The summed E-state index contributed by atoms with van der Waals surface area (Å²) >= 11 is 0. The van der Waals surface area contributed by atoms with Gasteiger partial charge < -0.3 is 60.3 Å². The Morgan fingerprint density at radius 3 is 1.99 bits per heavy atom. The molecule has 0 bridgehead atoms. The summed E-state index contributed by atoms with van der Waals surface area (Å²) in [6.45, 7) is 7.38. The molecule has 0 spiro atoms. The van der Waals surface area contributed by atoms with Gasteiger partial charge in [0, 0.05) is 101 Å². The highest BCUT2D eigenvalue weighted by Gasteiger charge is 2.31. The molecule has 0 saturated heterocycles. The Balaban J connectivity index is 0.000000152. The molecule has 5 aliphatic rings. The van der Waals surface area contributed by atoms with Crippen molar-refractivity contribution in [2.24, 2.45) is 0 Å². The summed E-state index contributed by atoms with van der Waals surface area (Å²) in [5.74, 6) is 1.61. The number of para-hydroxylation sites is 2. The highest BCUT2D eigenvalue weighted by Crippen LogP contribution is 2.40. The minimum Gasteiger partial charge on any atom is -0.489 e. The standard InChI is InChI=1S/C28H30N4O3.C28H32N4O3/c1-17-3-2-4-21-18(14-30-27(17)21)10-12-32-15-20(33)16-35-26-13-19(5-7-24(26)32)31-23-9-11-29-28-22(23)6-8-25(28)34;1-17-3-2-4-21-18(14-30-27(17)21)10-12-32-15-20(16-33)35-26-13-19(5-7-24(26)32)31-23-9-11-29-28-22(23)6-8-25(28)34/h2-5,7,9,11,13-14,20,25,30,33-34H,6,8,10,12,15-16H2,1H3,(H,29,31);2-4,9,11,13-14,20,25,30,33-34H,5-8,10,12,15-16H2,1H3,(H,29,31)/t;20-,25-/m.0/s1. The fourth-order valence-electron chi connectivity index (χ4n) is 11.0. The fourth-order valence-corrected chi connectivity index (χ4v) is 11.0. The fraction of sp³-hybridized carbons (Fsp3) is 0.357. The first-order chi connectivity index (χ1) is 34.2. The molecule has 362 valence electrons. The van der Waals surface area contributed by atoms with Crippen molar-refractivity contribution in [1.29, 1.82) is 0 Å². The number of anilines is 4. The molecule has 4 aromatic heterocycles. The average Bonchev–Trinajstić information content (AvgIpc) is 4.16. The van der Waals surface area contributed by atoms with Crippen LogP contribution >= 0.6 is 0 Å². The van der Waals surface area contributed by atoms with Gasteiger partial charge in [-0.2, -0.15) is 0 Å². The number of aryl methyl sites for hydroxylation is 2. The molecule has 3 aromatic carbocycles. The molecule has 0 radical (unpaired) electrons. The molecule has 0 saturated carbocycles. The first-order valence-corrected chi connectivity index (χ1v) is 24.8. The second kappa shape index (κ2) is 19.5. The van der Waals surface area contributed by atoms with Crippen molar-refractivity contribution in [3.63, 3.8) is 0 Å². The maximum atomic E-state index is 10.5. The summed E-state index contributed by atoms with van der Waals surface area (Å²) in [5, 5.41) is 50.4. The van der Waals surface area contributed by atoms with Crippen LogP contribution < -0.4 is 20.3 Å². The average molecular weight is 943 g/mol. The van der Waals surface area contributed by atoms with Crippen LogP contribution in [0, 0.1) is 13.8 Å². The number of ether oxygens (including phenoxy) is 2. The lowest BCUT2D eigenvalue weighted by Crippen LogP contribution is -2.42. The third-order valence-electron chi connectivity index (χ3n) is 14.7. The van der Waals surface area contributed by atoms with Gasteiger partial charge in [-0.25, -0.2) is 0 Å². The van der Waals surface area contributed by atoms with E-state index in [9.17, 15) is 20.4 Å². The Morgan fingerprint density at radius 2 is 1.34 bits per heavy atom. The zero-order valence-electron chi connectivity index (χ0n) is 39.8. The van der Waals surface area contributed by atoms with Gasteiger partial charge >= 0.3 is 0 Å². The number of nitrogens with zero attached hydrogens (tertiary/aromatic N) is 4. The summed E-state index contributed by atoms with van der Waals surface area (Å²) in [4.78, 5) is 20.2. The maximum Gasteiger partial charge on any atom is 0.144 e. The highest BCUT2D eigenvalue weighted by molar-refractivity contribution is 5.86. The number of fused-ring (bicyclic) bond motifs is 5. The summed E-state index contributed by atoms with van der Waals surface area (Å²) in [6.07, 6.45) is 14.7. The van der Waals surface area contributed by atoms with E-state index < -0.39 is 18.3 Å². The Bertz CT molecular complexity index is 3120. The molecule has 4 atom stereocenters. The van der Waals surface area contributed by atoms with E-state index >= 15 is 0 Å². The van der Waals surface area contributed by atoms with E-state index in [1.807, 2.05) is 24.3 Å². The van der Waals surface area contributed by atoms with Gasteiger partial charge in [-0.05, 0) is 123 Å². The van der Waals surface area contributed by atoms with Gasteiger partial charge in [0.1, 0.15) is 30.3 Å². The van der Waals surface area contributed by atoms with Crippen molar-refractivity contribution in [2.45, 2.75) is 89.6 Å². The predicted octanol–water partition coefficient (Wildman–Crippen LogP) is 8.48. The summed E-state index contributed by atoms with van der Waals surface area (Å²) in [6, 6.07) is 22.8. The molecule has 2 unspecified atom stereocenters. The van der Waals surface area contributed by atoms with E-state index in [2.05, 4.69) is 115 Å². The molecule has 0 amide bonds. The molecule has 2 aliphatic heterocycles. The van der Waals surface area contributed by atoms with E-state index in [4.69, 9.17) is 9.47 Å². The van der Waals surface area contributed by atoms with Crippen LogP contribution in [0.4, 0.5) is 22.7 Å². The van der Waals surface area contributed by atoms with Crippen LogP contribution in [0.1, 0.15) is 82.7 Å². The second-order valence-corrected chi connectivity index (χ2v) is 19.4. The molecule has 3 aliphatic carbocycles. The predicted molar refractivity (Wildman–Crippen MR) is 273 cm³/mol. The summed E-state index contributed by atoms with van der Waals surface area (Å²) < 4.78 is 12.2. The lowest BCUT2D eigenvalue weighted by Gasteiger charge is -2.39. The molecule has 14 heteroatoms. The maximum absolute atomic E-state index is 10.5. The van der Waals surface area contributed by atoms with Crippen LogP contribution in [0.15, 0.2) is 115 Å². The minimum absolute atomic E-state index is 0.00802. The normalized spacial score (nSPS) is 20.4. The number of hydrogen-bond acceptors (Lipinski definition) is 12. The number of hydrogen-bond donors (Lipinski definition) is 8. The number of rotatable bonds is 11. The number of allylic oxidation sites excluding steroid dienone is 3. The molecule has 12 rings (SSSR count). The SMILES string of the molecule is Cc1cccc2c(CCN3CC(O)COc4cc(Nc5ccnc6c5CCC6O)ccc43)c[nH]c12.Cc1cccc2c(CCN3C[C@@H](CO)OC4=C3CCC(Nc3ccnc5c3CC[C@@H]5O)=C4)c[nH]c12. The number of pyridine rings is 2. The lowest BCUT2D eigenvalue weighted by atomic mass is 10.0. The third-order valence-corrected chi connectivity index (χ3v) is 14.7. The van der Waals surface area contributed by atoms with Gasteiger partial charge in [-0.3, -0.25) is 9.97 Å². The van der Waals surface area contributed by atoms with Crippen molar-refractivity contribution in [1.82, 2.24) is 24.8 Å². The number of aliphatic hydroxyl groups is 4. The Kier molecular flexibility index (Phi) is 12.7. The van der Waals surface area contributed by atoms with Gasteiger partial charge in [0.2, 0.25) is 0 Å². The van der Waals surface area contributed by atoms with E-state index in [-0.39, 0.29) is 19.3 Å². The Labute approximate surface area is 407 Å². The third kappa shape index (κ3) is 9.08. The minimum atomic E-state index is -0.561. The number of nitrogens with one attached hydrogen (secondary N) is 4. The molecule has 8 N–H and O–H groups in total. The van der Waals surface area contributed by atoms with E-state index in [1.54, 1.807) is 12.4 Å². The van der Waals surface area contributed by atoms with Crippen molar-refractivity contribution in [3.8, 4) is 5.75 Å². The van der Waals surface area contributed by atoms with Crippen molar-refractivity contribution >= 4 is 44.6 Å². The van der Waals surface area contributed by atoms with Gasteiger partial charge in [0.15, 0.2) is 0 Å². The smallest absolute Gasteiger partial charge is 0.144 e. The van der Waals surface area contributed by atoms with Crippen LogP contribution in [0.3, 0.4) is 0 Å². The number of aliphatic hydroxyl groups excluding tert-OH is 4. The van der Waals surface area contributed by atoms with Gasteiger partial charge in [-0.15, -0.1) is 0 Å². The number of aromatic nitrogens is 4. The highest BCUT2D eigenvalue weighted by atomic mass is 16.5. The van der Waals surface area contributed by atoms with Gasteiger partial charge in [-0.1, -0.05) is 36.4 Å². The van der Waals surface area contributed by atoms with E-state index in [0.717, 1.165) is 121 Å². The van der Waals surface area contributed by atoms with Gasteiger partial charge in [0.25, 0.3) is 0 Å². The number of aromatic amines is 2. The van der Waals surface area contributed by atoms with Crippen molar-refractivity contribution < 1.29 is 29.9 Å². The van der Waals surface area contributed by atoms with Crippen LogP contribution in [0.25, 0.3) is 21.8 Å². The first kappa shape index (κ1) is 45.6. The summed E-state index contributed by atoms with van der Waals surface area (Å²) in [5.41, 5.74) is 17.4. The van der Waals surface area contributed by atoms with Crippen LogP contribution in [0.5, 0.6) is 5.75 Å². The van der Waals surface area contributed by atoms with Gasteiger partial charge in [0.05, 0.1) is 48.1 Å². The van der Waals surface area contributed by atoms with Crippen LogP contribution in [-0.2, 0) is 30.4 Å². The molecule has 7 aromatic rings. The molecular weight excluding hydrogens is 881 g/mol.